The van der Waals surface area contributed by atoms with E-state index < -0.39 is 5.76 Å². The van der Waals surface area contributed by atoms with Crippen molar-refractivity contribution >= 4 is 34.4 Å². The lowest BCUT2D eigenvalue weighted by Crippen LogP contribution is -1.79. The monoisotopic (exact) mass is 264 g/mol. The topological polar surface area (TPSA) is 25.8 Å². The normalized spacial score (nSPS) is 11.2. The maximum Gasteiger partial charge on any atom is 0.291 e. The number of nitrogens with zero attached hydrogens (tertiary/aromatic N) is 2. The number of thioether (sulfide) groups is 1. The van der Waals surface area contributed by atoms with Crippen LogP contribution in [0.2, 0.25) is 0 Å². The molecule has 7 heteroatoms. The average Bonchev–Trinajstić information content (AvgIpc) is 2.72. The van der Waals surface area contributed by atoms with Crippen LogP contribution >= 0.6 is 34.4 Å². The van der Waals surface area contributed by atoms with E-state index in [4.69, 9.17) is 0 Å². The lowest BCUT2D eigenvalue weighted by Gasteiger charge is -1.89. The first-order valence-electron chi connectivity index (χ1n) is 3.99. The maximum absolute atomic E-state index is 12.0. The highest BCUT2D eigenvalue weighted by Crippen LogP contribution is 2.34. The first-order chi connectivity index (χ1) is 7.15. The molecule has 0 atom stereocenters. The molecule has 80 valence electrons. The van der Waals surface area contributed by atoms with E-state index in [9.17, 15) is 8.78 Å². The standard InChI is InChI=1S/C8H6F2N2S3/c1-4-2-5(13-3-4)6-11-12-8(14-6)15-7(9)10/h2-3,7H,1H3. The van der Waals surface area contributed by atoms with Gasteiger partial charge in [-0.05, 0) is 35.7 Å². The molecule has 0 saturated heterocycles. The first kappa shape index (κ1) is 11.0. The van der Waals surface area contributed by atoms with Gasteiger partial charge in [0.25, 0.3) is 5.76 Å². The van der Waals surface area contributed by atoms with Crippen LogP contribution in [0, 0.1) is 6.92 Å². The van der Waals surface area contributed by atoms with Gasteiger partial charge in [-0.3, -0.25) is 0 Å². The van der Waals surface area contributed by atoms with Crippen molar-refractivity contribution in [3.05, 3.63) is 17.0 Å². The Hall–Kier alpha value is -0.530. The minimum absolute atomic E-state index is 0.311. The van der Waals surface area contributed by atoms with Crippen LogP contribution in [0.3, 0.4) is 0 Å². The van der Waals surface area contributed by atoms with E-state index in [0.717, 1.165) is 10.4 Å². The summed E-state index contributed by atoms with van der Waals surface area (Å²) in [4.78, 5) is 0.978. The number of aromatic nitrogens is 2. The molecule has 0 fully saturated rings. The predicted octanol–water partition coefficient (Wildman–Crippen LogP) is 3.89. The third-order valence-corrected chi connectivity index (χ3v) is 4.47. The second-order valence-electron chi connectivity index (χ2n) is 2.74. The van der Waals surface area contributed by atoms with Crippen LogP contribution in [0.1, 0.15) is 5.56 Å². The first-order valence-corrected chi connectivity index (χ1v) is 6.56. The molecule has 2 nitrogen and oxygen atoms in total. The molecule has 0 bridgehead atoms. The van der Waals surface area contributed by atoms with Gasteiger partial charge in [0, 0.05) is 0 Å². The largest absolute Gasteiger partial charge is 0.291 e. The molecule has 0 saturated carbocycles. The van der Waals surface area contributed by atoms with Crippen LogP contribution in [-0.4, -0.2) is 16.0 Å². The molecule has 0 radical (unpaired) electrons. The second-order valence-corrected chi connectivity index (χ2v) is 5.87. The van der Waals surface area contributed by atoms with Crippen molar-refractivity contribution in [3.63, 3.8) is 0 Å². The van der Waals surface area contributed by atoms with Crippen molar-refractivity contribution in [2.75, 3.05) is 0 Å². The molecule has 0 amide bonds. The quantitative estimate of drug-likeness (QED) is 0.787. The highest BCUT2D eigenvalue weighted by atomic mass is 32.2. The molecular formula is C8H6F2N2S3. The molecule has 0 aliphatic heterocycles. The summed E-state index contributed by atoms with van der Waals surface area (Å²) in [5.74, 6) is -2.43. The Balaban J connectivity index is 2.20. The summed E-state index contributed by atoms with van der Waals surface area (Å²) in [5, 5.41) is 10.3. The van der Waals surface area contributed by atoms with Crippen molar-refractivity contribution in [2.45, 2.75) is 17.0 Å². The Bertz CT molecular complexity index is 452. The Morgan fingerprint density at radius 2 is 2.20 bits per heavy atom. The zero-order valence-electron chi connectivity index (χ0n) is 7.61. The highest BCUT2D eigenvalue weighted by Gasteiger charge is 2.12. The third kappa shape index (κ3) is 2.73. The van der Waals surface area contributed by atoms with E-state index in [1.807, 2.05) is 18.4 Å². The number of hydrogen-bond acceptors (Lipinski definition) is 5. The number of alkyl halides is 2. The molecular weight excluding hydrogens is 258 g/mol. The molecule has 0 aliphatic rings. The van der Waals surface area contributed by atoms with Gasteiger partial charge in [0.15, 0.2) is 9.35 Å². The Kier molecular flexibility index (Phi) is 3.32. The lowest BCUT2D eigenvalue weighted by molar-refractivity contribution is 0.252. The van der Waals surface area contributed by atoms with Gasteiger partial charge in [-0.1, -0.05) is 11.3 Å². The van der Waals surface area contributed by atoms with Crippen LogP contribution in [0.5, 0.6) is 0 Å². The molecule has 0 aromatic carbocycles. The molecule has 0 unspecified atom stereocenters. The summed E-state index contributed by atoms with van der Waals surface area (Å²) in [5.41, 5.74) is 1.15. The summed E-state index contributed by atoms with van der Waals surface area (Å²) in [6, 6.07) is 1.97. The van der Waals surface area contributed by atoms with Crippen LogP contribution in [0.4, 0.5) is 8.78 Å². The molecule has 0 spiro atoms. The van der Waals surface area contributed by atoms with Crippen molar-refractivity contribution in [1.29, 1.82) is 0 Å². The zero-order chi connectivity index (χ0) is 10.8. The van der Waals surface area contributed by atoms with E-state index in [-0.39, 0.29) is 0 Å². The highest BCUT2D eigenvalue weighted by molar-refractivity contribution is 8.01. The third-order valence-electron chi connectivity index (χ3n) is 1.54. The van der Waals surface area contributed by atoms with Crippen LogP contribution in [-0.2, 0) is 0 Å². The van der Waals surface area contributed by atoms with Crippen molar-refractivity contribution in [2.24, 2.45) is 0 Å². The van der Waals surface area contributed by atoms with Crippen LogP contribution < -0.4 is 0 Å². The van der Waals surface area contributed by atoms with Crippen molar-refractivity contribution in [1.82, 2.24) is 10.2 Å². The summed E-state index contributed by atoms with van der Waals surface area (Å²) < 4.78 is 24.4. The maximum atomic E-state index is 12.0. The number of rotatable bonds is 3. The van der Waals surface area contributed by atoms with E-state index in [0.29, 0.717) is 21.1 Å². The fraction of sp³-hybridized carbons (Fsp3) is 0.250. The Labute approximate surface area is 97.4 Å². The van der Waals surface area contributed by atoms with Gasteiger partial charge in [-0.2, -0.15) is 8.78 Å². The molecule has 2 heterocycles. The van der Waals surface area contributed by atoms with E-state index >= 15 is 0 Å². The Morgan fingerprint density at radius 1 is 1.40 bits per heavy atom. The molecule has 2 aromatic heterocycles. The average molecular weight is 264 g/mol. The Morgan fingerprint density at radius 3 is 2.80 bits per heavy atom. The zero-order valence-corrected chi connectivity index (χ0v) is 10.1. The van der Waals surface area contributed by atoms with Gasteiger partial charge in [0.2, 0.25) is 0 Å². The molecule has 15 heavy (non-hydrogen) atoms. The van der Waals surface area contributed by atoms with E-state index in [2.05, 4.69) is 10.2 Å². The number of halogens is 2. The lowest BCUT2D eigenvalue weighted by atomic mass is 10.3. The number of thiophene rings is 1. The number of aryl methyl sites for hydroxylation is 1. The van der Waals surface area contributed by atoms with Crippen LogP contribution in [0.15, 0.2) is 15.8 Å². The van der Waals surface area contributed by atoms with Crippen molar-refractivity contribution < 1.29 is 8.78 Å². The summed E-state index contributed by atoms with van der Waals surface area (Å²) in [7, 11) is 0. The van der Waals surface area contributed by atoms with E-state index in [1.54, 1.807) is 11.3 Å². The molecule has 2 aromatic rings. The predicted molar refractivity (Wildman–Crippen MR) is 59.8 cm³/mol. The van der Waals surface area contributed by atoms with Crippen LogP contribution in [0.25, 0.3) is 9.88 Å². The smallest absolute Gasteiger partial charge is 0.197 e. The van der Waals surface area contributed by atoms with Gasteiger partial charge in [0.1, 0.15) is 0 Å². The molecule has 2 rings (SSSR count). The molecule has 0 N–H and O–H groups in total. The van der Waals surface area contributed by atoms with Gasteiger partial charge in [-0.25, -0.2) is 0 Å². The minimum atomic E-state index is -2.43. The van der Waals surface area contributed by atoms with Gasteiger partial charge in [-0.15, -0.1) is 21.5 Å². The minimum Gasteiger partial charge on any atom is -0.197 e. The van der Waals surface area contributed by atoms with Gasteiger partial charge >= 0.3 is 0 Å². The van der Waals surface area contributed by atoms with E-state index in [1.165, 1.54) is 11.3 Å². The summed E-state index contributed by atoms with van der Waals surface area (Å²) >= 11 is 3.18. The SMILES string of the molecule is Cc1csc(-c2nnc(SC(F)F)s2)c1. The fourth-order valence-corrected chi connectivity index (χ4v) is 3.40. The fourth-order valence-electron chi connectivity index (χ4n) is 0.977. The number of hydrogen-bond donors (Lipinski definition) is 0. The van der Waals surface area contributed by atoms with Crippen molar-refractivity contribution in [3.8, 4) is 9.88 Å². The summed E-state index contributed by atoms with van der Waals surface area (Å²) in [6.45, 7) is 1.98. The molecule has 0 aliphatic carbocycles. The summed E-state index contributed by atoms with van der Waals surface area (Å²) in [6.07, 6.45) is 0. The van der Waals surface area contributed by atoms with Gasteiger partial charge < -0.3 is 0 Å². The van der Waals surface area contributed by atoms with Gasteiger partial charge in [0.05, 0.1) is 4.88 Å². The second kappa shape index (κ2) is 4.54.